The molecule has 0 bridgehead atoms. The molecule has 2 heterocycles. The number of aromatic nitrogens is 1. The summed E-state index contributed by atoms with van der Waals surface area (Å²) in [4.78, 5) is 31.0. The third-order valence-corrected chi connectivity index (χ3v) is 6.73. The van der Waals surface area contributed by atoms with E-state index < -0.39 is 6.61 Å². The maximum atomic E-state index is 12.8. The van der Waals surface area contributed by atoms with Gasteiger partial charge in [0, 0.05) is 18.5 Å². The van der Waals surface area contributed by atoms with Crippen LogP contribution in [0, 0.1) is 0 Å². The number of thiocarbonyl (C=S) groups is 1. The molecule has 1 fully saturated rings. The lowest BCUT2D eigenvalue weighted by Crippen LogP contribution is -2.31. The molecule has 2 aromatic carbocycles. The first-order valence-corrected chi connectivity index (χ1v) is 11.4. The third kappa shape index (κ3) is 5.12. The molecule has 0 unspecified atom stereocenters. The van der Waals surface area contributed by atoms with Gasteiger partial charge in [0.2, 0.25) is 5.91 Å². The highest BCUT2D eigenvalue weighted by atomic mass is 32.2. The standard InChI is InChI=1S/C21H15F2N3O3S3/c22-19(23)29-14-7-3-1-5-12(14)11-16-18(28)26(21(30)32-16)10-9-17(27)25-20-24-13-6-2-4-8-15(13)31-20/h1-8,11,19H,9-10H2,(H,24,25,27)/b16-11+. The zero-order valence-electron chi connectivity index (χ0n) is 16.3. The number of thioether (sulfide) groups is 1. The smallest absolute Gasteiger partial charge is 0.387 e. The predicted octanol–water partition coefficient (Wildman–Crippen LogP) is 5.13. The summed E-state index contributed by atoms with van der Waals surface area (Å²) in [6, 6.07) is 13.7. The largest absolute Gasteiger partial charge is 0.434 e. The molecule has 1 aliphatic rings. The molecule has 0 saturated carbocycles. The lowest BCUT2D eigenvalue weighted by molar-refractivity contribution is -0.122. The summed E-state index contributed by atoms with van der Waals surface area (Å²) in [5, 5.41) is 3.22. The molecular weight excluding hydrogens is 476 g/mol. The molecule has 0 aliphatic carbocycles. The highest BCUT2D eigenvalue weighted by molar-refractivity contribution is 8.26. The number of halogens is 2. The van der Waals surface area contributed by atoms with Crippen molar-refractivity contribution in [2.75, 3.05) is 11.9 Å². The lowest BCUT2D eigenvalue weighted by atomic mass is 10.2. The predicted molar refractivity (Wildman–Crippen MR) is 126 cm³/mol. The molecule has 164 valence electrons. The van der Waals surface area contributed by atoms with E-state index in [9.17, 15) is 18.4 Å². The molecule has 0 atom stereocenters. The minimum absolute atomic E-state index is 0.0285. The van der Waals surface area contributed by atoms with E-state index in [4.69, 9.17) is 12.2 Å². The highest BCUT2D eigenvalue weighted by Gasteiger charge is 2.32. The normalized spacial score (nSPS) is 15.2. The van der Waals surface area contributed by atoms with Gasteiger partial charge in [0.15, 0.2) is 5.13 Å². The number of benzene rings is 2. The Bertz CT molecular complexity index is 1200. The van der Waals surface area contributed by atoms with Crippen LogP contribution in [0.15, 0.2) is 53.4 Å². The fourth-order valence-corrected chi connectivity index (χ4v) is 5.14. The molecule has 2 amide bonds. The van der Waals surface area contributed by atoms with Gasteiger partial charge in [0.1, 0.15) is 10.1 Å². The fourth-order valence-electron chi connectivity index (χ4n) is 2.96. The minimum atomic E-state index is -2.98. The van der Waals surface area contributed by atoms with E-state index in [2.05, 4.69) is 15.0 Å². The number of nitrogens with zero attached hydrogens (tertiary/aromatic N) is 2. The van der Waals surface area contributed by atoms with E-state index in [0.717, 1.165) is 22.0 Å². The van der Waals surface area contributed by atoms with Crippen molar-refractivity contribution in [2.45, 2.75) is 13.0 Å². The molecule has 11 heteroatoms. The number of alkyl halides is 2. The second-order valence-corrected chi connectivity index (χ2v) is 9.24. The van der Waals surface area contributed by atoms with Crippen LogP contribution in [-0.2, 0) is 9.59 Å². The molecule has 0 radical (unpaired) electrons. The van der Waals surface area contributed by atoms with E-state index in [1.807, 2.05) is 24.3 Å². The van der Waals surface area contributed by atoms with E-state index in [1.54, 1.807) is 18.2 Å². The van der Waals surface area contributed by atoms with Crippen LogP contribution in [0.5, 0.6) is 5.75 Å². The number of para-hydroxylation sites is 2. The Labute approximate surface area is 195 Å². The van der Waals surface area contributed by atoms with Gasteiger partial charge in [-0.1, -0.05) is 65.6 Å². The van der Waals surface area contributed by atoms with E-state index in [0.29, 0.717) is 15.0 Å². The number of fused-ring (bicyclic) bond motifs is 1. The number of hydrogen-bond acceptors (Lipinski definition) is 7. The molecule has 6 nitrogen and oxygen atoms in total. The molecule has 4 rings (SSSR count). The zero-order valence-corrected chi connectivity index (χ0v) is 18.7. The van der Waals surface area contributed by atoms with Crippen LogP contribution in [0.25, 0.3) is 16.3 Å². The van der Waals surface area contributed by atoms with Gasteiger partial charge in [0.25, 0.3) is 5.91 Å². The van der Waals surface area contributed by atoms with E-state index in [-0.39, 0.29) is 35.4 Å². The Morgan fingerprint density at radius 3 is 2.75 bits per heavy atom. The Kier molecular flexibility index (Phi) is 6.77. The lowest BCUT2D eigenvalue weighted by Gasteiger charge is -2.13. The summed E-state index contributed by atoms with van der Waals surface area (Å²) in [5.74, 6) is -0.722. The SMILES string of the molecule is O=C(CCN1C(=O)/C(=C\c2ccccc2OC(F)F)SC1=S)Nc1nc2ccccc2s1. The summed E-state index contributed by atoms with van der Waals surface area (Å²) < 4.78 is 31.0. The van der Waals surface area contributed by atoms with Gasteiger partial charge in [-0.15, -0.1) is 0 Å². The first kappa shape index (κ1) is 22.3. The number of carbonyl (C=O) groups excluding carboxylic acids is 2. The second kappa shape index (κ2) is 9.72. The minimum Gasteiger partial charge on any atom is -0.434 e. The Balaban J connectivity index is 1.40. The molecule has 1 aromatic heterocycles. The average Bonchev–Trinajstić information content (AvgIpc) is 3.27. The monoisotopic (exact) mass is 491 g/mol. The van der Waals surface area contributed by atoms with Crippen molar-refractivity contribution in [2.24, 2.45) is 0 Å². The first-order chi connectivity index (χ1) is 15.4. The van der Waals surface area contributed by atoms with Crippen molar-refractivity contribution in [1.82, 2.24) is 9.88 Å². The Hall–Kier alpha value is -2.89. The van der Waals surface area contributed by atoms with Crippen molar-refractivity contribution in [3.8, 4) is 5.75 Å². The zero-order chi connectivity index (χ0) is 22.7. The van der Waals surface area contributed by atoms with Crippen LogP contribution in [-0.4, -0.2) is 39.2 Å². The number of nitrogens with one attached hydrogen (secondary N) is 1. The van der Waals surface area contributed by atoms with Crippen molar-refractivity contribution >= 4 is 72.9 Å². The number of hydrogen-bond donors (Lipinski definition) is 1. The number of carbonyl (C=O) groups is 2. The van der Waals surface area contributed by atoms with Crippen LogP contribution in [0.1, 0.15) is 12.0 Å². The molecule has 1 saturated heterocycles. The van der Waals surface area contributed by atoms with Gasteiger partial charge in [-0.05, 0) is 24.3 Å². The quantitative estimate of drug-likeness (QED) is 0.365. The highest BCUT2D eigenvalue weighted by Crippen LogP contribution is 2.34. The van der Waals surface area contributed by atoms with E-state index >= 15 is 0 Å². The van der Waals surface area contributed by atoms with Crippen LogP contribution >= 0.6 is 35.3 Å². The van der Waals surface area contributed by atoms with Crippen LogP contribution < -0.4 is 10.1 Å². The molecule has 32 heavy (non-hydrogen) atoms. The summed E-state index contributed by atoms with van der Waals surface area (Å²) in [5.41, 5.74) is 1.13. The van der Waals surface area contributed by atoms with Crippen LogP contribution in [0.3, 0.4) is 0 Å². The van der Waals surface area contributed by atoms with Crippen molar-refractivity contribution in [3.63, 3.8) is 0 Å². The maximum absolute atomic E-state index is 12.8. The summed E-state index contributed by atoms with van der Waals surface area (Å²) in [6.45, 7) is -2.89. The maximum Gasteiger partial charge on any atom is 0.387 e. The number of amides is 2. The third-order valence-electron chi connectivity index (χ3n) is 4.40. The topological polar surface area (TPSA) is 71.5 Å². The summed E-state index contributed by atoms with van der Waals surface area (Å²) >= 11 is 7.68. The van der Waals surface area contributed by atoms with Gasteiger partial charge < -0.3 is 10.1 Å². The van der Waals surface area contributed by atoms with Crippen molar-refractivity contribution in [1.29, 1.82) is 0 Å². The summed E-state index contributed by atoms with van der Waals surface area (Å²) in [7, 11) is 0. The van der Waals surface area contributed by atoms with Crippen molar-refractivity contribution in [3.05, 3.63) is 59.0 Å². The van der Waals surface area contributed by atoms with Gasteiger partial charge in [0.05, 0.1) is 15.1 Å². The van der Waals surface area contributed by atoms with Gasteiger partial charge in [-0.2, -0.15) is 8.78 Å². The van der Waals surface area contributed by atoms with Crippen LogP contribution in [0.4, 0.5) is 13.9 Å². The Morgan fingerprint density at radius 2 is 1.97 bits per heavy atom. The van der Waals surface area contributed by atoms with Crippen LogP contribution in [0.2, 0.25) is 0 Å². The molecule has 1 N–H and O–H groups in total. The van der Waals surface area contributed by atoms with Crippen molar-refractivity contribution < 1.29 is 23.1 Å². The second-order valence-electron chi connectivity index (χ2n) is 6.53. The molecule has 3 aromatic rings. The van der Waals surface area contributed by atoms with Gasteiger partial charge in [-0.25, -0.2) is 4.98 Å². The number of thiazole rings is 1. The molecular formula is C21H15F2N3O3S3. The molecule has 1 aliphatic heterocycles. The Morgan fingerprint density at radius 1 is 1.22 bits per heavy atom. The first-order valence-electron chi connectivity index (χ1n) is 9.35. The molecule has 0 spiro atoms. The van der Waals surface area contributed by atoms with E-state index in [1.165, 1.54) is 28.4 Å². The van der Waals surface area contributed by atoms with Gasteiger partial charge >= 0.3 is 6.61 Å². The summed E-state index contributed by atoms with van der Waals surface area (Å²) in [6.07, 6.45) is 1.49. The van der Waals surface area contributed by atoms with Gasteiger partial charge in [-0.3, -0.25) is 14.5 Å². The average molecular weight is 492 g/mol. The number of rotatable bonds is 7. The fraction of sp³-hybridized carbons (Fsp3) is 0.143. The number of anilines is 1. The number of ether oxygens (including phenoxy) is 1.